The minimum atomic E-state index is -2.36. The lowest BCUT2D eigenvalue weighted by Crippen LogP contribution is -2.66. The Morgan fingerprint density at radius 1 is 1.12 bits per heavy atom. The molecule has 33 heavy (non-hydrogen) atoms. The summed E-state index contributed by atoms with van der Waals surface area (Å²) >= 11 is 0. The molecule has 0 saturated carbocycles. The number of hydrogen-bond donors (Lipinski definition) is 0. The van der Waals surface area contributed by atoms with Crippen LogP contribution in [0.1, 0.15) is 68.2 Å². The molecule has 1 spiro atoms. The van der Waals surface area contributed by atoms with E-state index in [1.54, 1.807) is 20.8 Å². The molecule has 10 heteroatoms. The second-order valence-corrected chi connectivity index (χ2v) is 16.5. The van der Waals surface area contributed by atoms with Crippen molar-refractivity contribution >= 4 is 20.5 Å². The Balaban J connectivity index is 1.96. The molecule has 0 aromatic rings. The van der Waals surface area contributed by atoms with Crippen molar-refractivity contribution in [2.75, 3.05) is 13.2 Å². The summed E-state index contributed by atoms with van der Waals surface area (Å²) < 4.78 is 37.0. The Kier molecular flexibility index (Phi) is 6.78. The smallest absolute Gasteiger partial charge is 0.422 e. The molecule has 0 unspecified atom stereocenters. The number of fused-ring (bicyclic) bond motifs is 1. The van der Waals surface area contributed by atoms with E-state index in [0.717, 1.165) is 4.90 Å². The summed E-state index contributed by atoms with van der Waals surface area (Å²) in [6.45, 7) is 19.9. The van der Waals surface area contributed by atoms with Crippen LogP contribution in [0.5, 0.6) is 0 Å². The maximum atomic E-state index is 12.8. The number of carbonyl (C=O) groups is 2. The summed E-state index contributed by atoms with van der Waals surface area (Å²) in [5, 5.41) is -0.110. The van der Waals surface area contributed by atoms with Crippen LogP contribution in [0, 0.1) is 0 Å². The van der Waals surface area contributed by atoms with Crippen molar-refractivity contribution < 1.29 is 37.7 Å². The van der Waals surface area contributed by atoms with Crippen molar-refractivity contribution in [3.63, 3.8) is 0 Å². The van der Waals surface area contributed by atoms with E-state index in [4.69, 9.17) is 28.1 Å². The van der Waals surface area contributed by atoms with Crippen molar-refractivity contribution in [2.45, 2.75) is 122 Å². The van der Waals surface area contributed by atoms with Gasteiger partial charge in [0, 0.05) is 0 Å². The SMILES string of the molecule is CCC1(CC)O[C@@H]2[C@@H](CO[C@]3(CN(C(=O)OC(C)(C)C)C(=O)O3)[C@H]2O[Si](C)(C)C(C)(C)C)O1. The lowest BCUT2D eigenvalue weighted by molar-refractivity contribution is -0.283. The molecule has 3 saturated heterocycles. The first-order valence-corrected chi connectivity index (χ1v) is 14.8. The van der Waals surface area contributed by atoms with Gasteiger partial charge >= 0.3 is 12.2 Å². The van der Waals surface area contributed by atoms with Crippen LogP contribution in [-0.4, -0.2) is 74.0 Å². The quantitative estimate of drug-likeness (QED) is 0.523. The lowest BCUT2D eigenvalue weighted by Gasteiger charge is -2.48. The molecule has 3 heterocycles. The van der Waals surface area contributed by atoms with E-state index in [1.165, 1.54) is 0 Å². The number of nitrogens with zero attached hydrogens (tertiary/aromatic N) is 1. The summed E-state index contributed by atoms with van der Waals surface area (Å²) in [4.78, 5) is 26.5. The zero-order chi connectivity index (χ0) is 25.0. The van der Waals surface area contributed by atoms with Gasteiger partial charge in [0.15, 0.2) is 14.1 Å². The Hall–Kier alpha value is -1.20. The first-order chi connectivity index (χ1) is 15.0. The maximum Gasteiger partial charge on any atom is 0.422 e. The van der Waals surface area contributed by atoms with Gasteiger partial charge in [-0.3, -0.25) is 0 Å². The van der Waals surface area contributed by atoms with Gasteiger partial charge in [-0.25, -0.2) is 14.5 Å². The number of amides is 2. The first kappa shape index (κ1) is 26.4. The molecule has 0 aromatic carbocycles. The molecule has 0 radical (unpaired) electrons. The van der Waals surface area contributed by atoms with E-state index in [0.29, 0.717) is 12.8 Å². The fourth-order valence-electron chi connectivity index (χ4n) is 4.07. The van der Waals surface area contributed by atoms with Crippen LogP contribution in [-0.2, 0) is 28.1 Å². The summed E-state index contributed by atoms with van der Waals surface area (Å²) in [6.07, 6.45) is -1.88. The highest BCUT2D eigenvalue weighted by Gasteiger charge is 2.66. The van der Waals surface area contributed by atoms with Crippen LogP contribution in [0.2, 0.25) is 18.1 Å². The van der Waals surface area contributed by atoms with Gasteiger partial charge in [-0.15, -0.1) is 0 Å². The second kappa shape index (κ2) is 8.48. The molecule has 0 N–H and O–H groups in total. The summed E-state index contributed by atoms with van der Waals surface area (Å²) in [5.41, 5.74) is -0.757. The molecule has 0 bridgehead atoms. The number of carbonyl (C=O) groups excluding carboxylic acids is 2. The van der Waals surface area contributed by atoms with E-state index >= 15 is 0 Å². The average molecular weight is 488 g/mol. The fraction of sp³-hybridized carbons (Fsp3) is 0.913. The zero-order valence-corrected chi connectivity index (χ0v) is 22.8. The highest BCUT2D eigenvalue weighted by molar-refractivity contribution is 6.74. The van der Waals surface area contributed by atoms with Gasteiger partial charge in [0.2, 0.25) is 0 Å². The zero-order valence-electron chi connectivity index (χ0n) is 21.8. The third-order valence-corrected chi connectivity index (χ3v) is 11.5. The number of rotatable bonds is 4. The molecule has 3 aliphatic heterocycles. The largest absolute Gasteiger partial charge is 0.443 e. The summed E-state index contributed by atoms with van der Waals surface area (Å²) in [6, 6.07) is 0. The minimum Gasteiger partial charge on any atom is -0.443 e. The van der Waals surface area contributed by atoms with Crippen LogP contribution < -0.4 is 0 Å². The fourth-order valence-corrected chi connectivity index (χ4v) is 5.37. The van der Waals surface area contributed by atoms with Crippen molar-refractivity contribution in [2.24, 2.45) is 0 Å². The van der Waals surface area contributed by atoms with Gasteiger partial charge in [-0.1, -0.05) is 34.6 Å². The number of imide groups is 1. The predicted octanol–water partition coefficient (Wildman–Crippen LogP) is 4.79. The Morgan fingerprint density at radius 3 is 2.24 bits per heavy atom. The Bertz CT molecular complexity index is 769. The standard InChI is InChI=1S/C23H41NO8Si/c1-11-22(12-2)28-15-13-27-23(14-24(19(26)31-23)18(25)30-20(3,4)5)17(16(15)29-22)32-33(9,10)21(6,7)8/h15-17H,11-14H2,1-10H3/t15-,16-,17+,23+/m1/s1. The molecule has 2 amide bonds. The van der Waals surface area contributed by atoms with E-state index < -0.39 is 49.9 Å². The third-order valence-electron chi connectivity index (χ3n) is 7.09. The average Bonchev–Trinajstić information content (AvgIpc) is 3.21. The van der Waals surface area contributed by atoms with Crippen molar-refractivity contribution in [3.05, 3.63) is 0 Å². The molecule has 190 valence electrons. The van der Waals surface area contributed by atoms with Gasteiger partial charge in [0.05, 0.1) is 6.61 Å². The maximum absolute atomic E-state index is 12.8. The van der Waals surface area contributed by atoms with Crippen molar-refractivity contribution in [1.82, 2.24) is 4.90 Å². The number of ether oxygens (including phenoxy) is 5. The monoisotopic (exact) mass is 487 g/mol. The van der Waals surface area contributed by atoms with Crippen LogP contribution in [0.3, 0.4) is 0 Å². The minimum absolute atomic E-state index is 0.110. The highest BCUT2D eigenvalue weighted by atomic mass is 28.4. The molecule has 0 aliphatic carbocycles. The van der Waals surface area contributed by atoms with Crippen LogP contribution in [0.15, 0.2) is 0 Å². The van der Waals surface area contributed by atoms with Crippen LogP contribution in [0.4, 0.5) is 9.59 Å². The summed E-state index contributed by atoms with van der Waals surface area (Å²) in [5.74, 6) is -2.24. The molecular formula is C23H41NO8Si. The van der Waals surface area contributed by atoms with E-state index in [-0.39, 0.29) is 24.3 Å². The van der Waals surface area contributed by atoms with E-state index in [2.05, 4.69) is 33.9 Å². The Labute approximate surface area is 198 Å². The van der Waals surface area contributed by atoms with Gasteiger partial charge in [-0.2, -0.15) is 0 Å². The first-order valence-electron chi connectivity index (χ1n) is 11.9. The van der Waals surface area contributed by atoms with Gasteiger partial charge in [-0.05, 0) is 51.7 Å². The molecule has 3 rings (SSSR count). The predicted molar refractivity (Wildman–Crippen MR) is 123 cm³/mol. The Morgan fingerprint density at radius 2 is 1.73 bits per heavy atom. The molecule has 3 fully saturated rings. The van der Waals surface area contributed by atoms with E-state index in [1.807, 2.05) is 13.8 Å². The summed E-state index contributed by atoms with van der Waals surface area (Å²) in [7, 11) is -2.36. The number of hydrogen-bond acceptors (Lipinski definition) is 8. The normalized spacial score (nSPS) is 32.1. The third kappa shape index (κ3) is 4.95. The van der Waals surface area contributed by atoms with Crippen molar-refractivity contribution in [1.29, 1.82) is 0 Å². The van der Waals surface area contributed by atoms with Crippen LogP contribution >= 0.6 is 0 Å². The second-order valence-electron chi connectivity index (χ2n) is 11.7. The van der Waals surface area contributed by atoms with Crippen molar-refractivity contribution in [3.8, 4) is 0 Å². The highest BCUT2D eigenvalue weighted by Crippen LogP contribution is 2.48. The molecular weight excluding hydrogens is 446 g/mol. The van der Waals surface area contributed by atoms with Gasteiger partial charge < -0.3 is 28.1 Å². The molecule has 3 aliphatic rings. The molecule has 0 aromatic heterocycles. The van der Waals surface area contributed by atoms with Crippen LogP contribution in [0.25, 0.3) is 0 Å². The van der Waals surface area contributed by atoms with Gasteiger partial charge in [0.1, 0.15) is 30.5 Å². The molecule has 4 atom stereocenters. The molecule has 9 nitrogen and oxygen atoms in total. The van der Waals surface area contributed by atoms with E-state index in [9.17, 15) is 9.59 Å². The lowest BCUT2D eigenvalue weighted by atomic mass is 9.97. The van der Waals surface area contributed by atoms with Gasteiger partial charge in [0.25, 0.3) is 5.79 Å². The topological polar surface area (TPSA) is 92.8 Å².